The van der Waals surface area contributed by atoms with Crippen molar-refractivity contribution in [3.8, 4) is 5.75 Å². The number of hydrogen-bond acceptors (Lipinski definition) is 7. The van der Waals surface area contributed by atoms with Crippen molar-refractivity contribution in [3.05, 3.63) is 41.3 Å². The van der Waals surface area contributed by atoms with Gasteiger partial charge >= 0.3 is 0 Å². The Morgan fingerprint density at radius 3 is 2.70 bits per heavy atom. The summed E-state index contributed by atoms with van der Waals surface area (Å²) in [7, 11) is -2.09. The predicted molar refractivity (Wildman–Crippen MR) is 111 cm³/mol. The van der Waals surface area contributed by atoms with Crippen LogP contribution >= 0.6 is 0 Å². The Labute approximate surface area is 177 Å². The lowest BCUT2D eigenvalue weighted by molar-refractivity contribution is 0.0958. The highest BCUT2D eigenvalue weighted by atomic mass is 32.2. The van der Waals surface area contributed by atoms with Crippen LogP contribution in [-0.4, -0.2) is 68.3 Å². The van der Waals surface area contributed by atoms with E-state index in [0.29, 0.717) is 25.3 Å². The van der Waals surface area contributed by atoms with Gasteiger partial charge in [0.1, 0.15) is 22.5 Å². The summed E-state index contributed by atoms with van der Waals surface area (Å²) in [6, 6.07) is 6.68. The minimum Gasteiger partial charge on any atom is -0.487 e. The average molecular weight is 436 g/mol. The highest BCUT2D eigenvalue weighted by Gasteiger charge is 2.43. The maximum atomic E-state index is 13.5. The van der Waals surface area contributed by atoms with Gasteiger partial charge in [-0.1, -0.05) is 17.3 Å². The summed E-state index contributed by atoms with van der Waals surface area (Å²) in [5.41, 5.74) is 2.01. The summed E-state index contributed by atoms with van der Waals surface area (Å²) in [6.07, 6.45) is 1.21. The van der Waals surface area contributed by atoms with Gasteiger partial charge < -0.3 is 14.0 Å². The number of likely N-dealkylation sites (tertiary alicyclic amines) is 1. The van der Waals surface area contributed by atoms with E-state index in [1.54, 1.807) is 29.6 Å². The van der Waals surface area contributed by atoms with Gasteiger partial charge in [-0.3, -0.25) is 4.90 Å². The van der Waals surface area contributed by atoms with E-state index in [0.717, 1.165) is 43.1 Å². The van der Waals surface area contributed by atoms with Gasteiger partial charge in [0.25, 0.3) is 0 Å². The van der Waals surface area contributed by atoms with Gasteiger partial charge in [-0.05, 0) is 38.8 Å². The fourth-order valence-corrected chi connectivity index (χ4v) is 6.17. The zero-order valence-electron chi connectivity index (χ0n) is 17.7. The number of aryl methyl sites for hydroxylation is 2. The van der Waals surface area contributed by atoms with E-state index < -0.39 is 10.0 Å². The molecule has 1 aromatic heterocycles. The molecule has 164 valence electrons. The monoisotopic (exact) mass is 435 g/mol. The minimum atomic E-state index is -3.67. The molecule has 9 heteroatoms. The standard InChI is InChI=1S/C21H29N3O5S/c1-15-17(16(2)29-22-15)14-23-10-8-18-19(9-11-23)28-20-6-4-5-7-21(20)30(25,26)24(18)12-13-27-3/h4-7,18-19H,8-14H2,1-3H3/t18-,19-/m1/s1. The van der Waals surface area contributed by atoms with Crippen molar-refractivity contribution in [1.29, 1.82) is 0 Å². The van der Waals surface area contributed by atoms with E-state index in [4.69, 9.17) is 14.0 Å². The van der Waals surface area contributed by atoms with Crippen molar-refractivity contribution in [2.24, 2.45) is 0 Å². The Bertz CT molecular complexity index is 971. The molecule has 4 rings (SSSR count). The Morgan fingerprint density at radius 1 is 1.20 bits per heavy atom. The molecule has 2 aromatic rings. The number of rotatable bonds is 5. The van der Waals surface area contributed by atoms with Gasteiger partial charge in [0, 0.05) is 38.9 Å². The van der Waals surface area contributed by atoms with Crippen LogP contribution < -0.4 is 4.74 Å². The van der Waals surface area contributed by atoms with Gasteiger partial charge in [-0.2, -0.15) is 4.31 Å². The zero-order chi connectivity index (χ0) is 21.3. The smallest absolute Gasteiger partial charge is 0.247 e. The summed E-state index contributed by atoms with van der Waals surface area (Å²) in [6.45, 7) is 6.84. The second-order valence-corrected chi connectivity index (χ2v) is 9.79. The number of sulfonamides is 1. The molecule has 1 saturated heterocycles. The Morgan fingerprint density at radius 2 is 1.97 bits per heavy atom. The molecule has 0 N–H and O–H groups in total. The first-order valence-electron chi connectivity index (χ1n) is 10.3. The predicted octanol–water partition coefficient (Wildman–Crippen LogP) is 2.35. The number of aromatic nitrogens is 1. The molecule has 3 heterocycles. The van der Waals surface area contributed by atoms with Crippen LogP contribution in [0, 0.1) is 13.8 Å². The van der Waals surface area contributed by atoms with Crippen molar-refractivity contribution in [1.82, 2.24) is 14.4 Å². The number of benzene rings is 1. The summed E-state index contributed by atoms with van der Waals surface area (Å²) in [4.78, 5) is 2.57. The lowest BCUT2D eigenvalue weighted by Crippen LogP contribution is -2.48. The molecule has 30 heavy (non-hydrogen) atoms. The van der Waals surface area contributed by atoms with E-state index in [1.165, 1.54) is 0 Å². The Kier molecular flexibility index (Phi) is 6.15. The number of methoxy groups -OCH3 is 1. The Balaban J connectivity index is 1.62. The van der Waals surface area contributed by atoms with E-state index >= 15 is 0 Å². The zero-order valence-corrected chi connectivity index (χ0v) is 18.5. The third-order valence-corrected chi connectivity index (χ3v) is 8.03. The van der Waals surface area contributed by atoms with Crippen molar-refractivity contribution in [2.75, 3.05) is 33.4 Å². The largest absolute Gasteiger partial charge is 0.487 e. The van der Waals surface area contributed by atoms with E-state index in [9.17, 15) is 8.42 Å². The molecule has 0 spiro atoms. The van der Waals surface area contributed by atoms with Gasteiger partial charge in [-0.15, -0.1) is 0 Å². The molecule has 2 aliphatic heterocycles. The molecule has 8 nitrogen and oxygen atoms in total. The average Bonchev–Trinajstić information content (AvgIpc) is 2.89. The number of hydrogen-bond donors (Lipinski definition) is 0. The maximum absolute atomic E-state index is 13.5. The first-order chi connectivity index (χ1) is 14.4. The first-order valence-corrected chi connectivity index (χ1v) is 11.8. The molecular weight excluding hydrogens is 406 g/mol. The van der Waals surface area contributed by atoms with Gasteiger partial charge in [0.15, 0.2) is 0 Å². The van der Waals surface area contributed by atoms with Gasteiger partial charge in [-0.25, -0.2) is 8.42 Å². The van der Waals surface area contributed by atoms with Crippen LogP contribution in [0.5, 0.6) is 5.75 Å². The van der Waals surface area contributed by atoms with Crippen LogP contribution in [0.1, 0.15) is 29.9 Å². The van der Waals surface area contributed by atoms with Crippen molar-refractivity contribution in [2.45, 2.75) is 50.3 Å². The minimum absolute atomic E-state index is 0.213. The summed E-state index contributed by atoms with van der Waals surface area (Å²) in [5, 5.41) is 4.05. The topological polar surface area (TPSA) is 85.1 Å². The fourth-order valence-electron chi connectivity index (χ4n) is 4.39. The first kappa shape index (κ1) is 21.3. The highest BCUT2D eigenvalue weighted by Crippen LogP contribution is 2.36. The molecular formula is C21H29N3O5S. The molecule has 2 atom stereocenters. The number of fused-ring (bicyclic) bond motifs is 2. The number of ether oxygens (including phenoxy) is 2. The summed E-state index contributed by atoms with van der Waals surface area (Å²) < 4.78 is 45.4. The molecule has 0 amide bonds. The second kappa shape index (κ2) is 8.66. The lowest BCUT2D eigenvalue weighted by Gasteiger charge is -2.31. The van der Waals surface area contributed by atoms with E-state index in [2.05, 4.69) is 10.1 Å². The third-order valence-electron chi connectivity index (χ3n) is 6.06. The molecule has 2 aliphatic rings. The van der Waals surface area contributed by atoms with Crippen LogP contribution in [0.2, 0.25) is 0 Å². The second-order valence-electron chi connectivity index (χ2n) is 7.94. The van der Waals surface area contributed by atoms with Crippen LogP contribution in [0.3, 0.4) is 0 Å². The van der Waals surface area contributed by atoms with E-state index in [-0.39, 0.29) is 17.0 Å². The van der Waals surface area contributed by atoms with Crippen LogP contribution in [-0.2, 0) is 21.3 Å². The lowest BCUT2D eigenvalue weighted by atomic mass is 10.1. The summed E-state index contributed by atoms with van der Waals surface area (Å²) in [5.74, 6) is 1.27. The third kappa shape index (κ3) is 3.99. The SMILES string of the molecule is COCCN1[C@@H]2CCN(Cc3c(C)noc3C)CC[C@H]2Oc2ccccc2S1(=O)=O. The molecule has 0 radical (unpaired) electrons. The molecule has 0 aliphatic carbocycles. The highest BCUT2D eigenvalue weighted by molar-refractivity contribution is 7.89. The number of para-hydroxylation sites is 1. The molecule has 1 fully saturated rings. The molecule has 0 bridgehead atoms. The van der Waals surface area contributed by atoms with Crippen molar-refractivity contribution in [3.63, 3.8) is 0 Å². The van der Waals surface area contributed by atoms with Gasteiger partial charge in [0.05, 0.1) is 18.3 Å². The summed E-state index contributed by atoms with van der Waals surface area (Å²) >= 11 is 0. The molecule has 1 aromatic carbocycles. The van der Waals surface area contributed by atoms with Crippen molar-refractivity contribution < 1.29 is 22.4 Å². The van der Waals surface area contributed by atoms with Crippen LogP contribution in [0.25, 0.3) is 0 Å². The van der Waals surface area contributed by atoms with Gasteiger partial charge in [0.2, 0.25) is 10.0 Å². The fraction of sp³-hybridized carbons (Fsp3) is 0.571. The van der Waals surface area contributed by atoms with Crippen LogP contribution in [0.4, 0.5) is 0 Å². The quantitative estimate of drug-likeness (QED) is 0.713. The molecule has 0 saturated carbocycles. The van der Waals surface area contributed by atoms with Crippen molar-refractivity contribution >= 4 is 10.0 Å². The Hall–Kier alpha value is -1.94. The number of nitrogens with zero attached hydrogens (tertiary/aromatic N) is 3. The normalized spacial score (nSPS) is 24.4. The van der Waals surface area contributed by atoms with E-state index in [1.807, 2.05) is 19.9 Å². The molecule has 0 unspecified atom stereocenters. The van der Waals surface area contributed by atoms with Crippen LogP contribution in [0.15, 0.2) is 33.7 Å². The maximum Gasteiger partial charge on any atom is 0.247 e.